The van der Waals surface area contributed by atoms with Crippen molar-refractivity contribution in [3.63, 3.8) is 0 Å². The summed E-state index contributed by atoms with van der Waals surface area (Å²) in [6.07, 6.45) is -0.729. The van der Waals surface area contributed by atoms with Crippen LogP contribution in [0.4, 0.5) is 11.8 Å². The molecule has 4 aliphatic rings. The van der Waals surface area contributed by atoms with E-state index < -0.39 is 77.2 Å². The number of imidazole rings is 2. The van der Waals surface area contributed by atoms with Crippen LogP contribution < -0.4 is 17.0 Å². The summed E-state index contributed by atoms with van der Waals surface area (Å²) >= 11 is 1.28. The van der Waals surface area contributed by atoms with Crippen molar-refractivity contribution in [2.45, 2.75) is 85.8 Å². The summed E-state index contributed by atoms with van der Waals surface area (Å²) in [6.45, 7) is 9.49. The van der Waals surface area contributed by atoms with Crippen molar-refractivity contribution in [3.8, 4) is 0 Å². The van der Waals surface area contributed by atoms with Crippen LogP contribution >= 0.6 is 28.2 Å². The van der Waals surface area contributed by atoms with Gasteiger partial charge in [-0.05, 0) is 18.1 Å². The van der Waals surface area contributed by atoms with Crippen molar-refractivity contribution in [1.82, 2.24) is 39.0 Å². The van der Waals surface area contributed by atoms with Gasteiger partial charge in [-0.25, -0.2) is 24.5 Å². The first-order valence-electron chi connectivity index (χ1n) is 16.2. The fraction of sp³-hybridized carbons (Fsp3) is 0.630. The molecule has 8 rings (SSSR count). The molecule has 4 bridgehead atoms. The Morgan fingerprint density at radius 1 is 1.12 bits per heavy atom. The molecule has 4 aliphatic heterocycles. The number of phosphoric ester groups is 1. The SMILES string of the molecule is CC(C)(C)[Si](C)(C)O[C@H]1[C@H]2OP(O)OC[C@@]34CO[C@@H]([C@H](n5cnc6c(N)ncnc65)O3)[C@@H]4OP(=O)(O)OC[C@H]1S[C@H]2n1cnc2c(=O)[nH]c(N)nc21. The molecular weight excluding hydrogens is 762 g/mol. The molecule has 2 unspecified atom stereocenters. The van der Waals surface area contributed by atoms with Crippen LogP contribution in [0.25, 0.3) is 22.3 Å². The number of nitrogens with two attached hydrogens (primary N) is 2. The van der Waals surface area contributed by atoms with Crippen LogP contribution in [0.3, 0.4) is 0 Å². The maximum Gasteiger partial charge on any atom is 0.472 e. The molecule has 4 aromatic rings. The quantitative estimate of drug-likeness (QED) is 0.146. The maximum absolute atomic E-state index is 13.8. The van der Waals surface area contributed by atoms with E-state index in [9.17, 15) is 19.1 Å². The third kappa shape index (κ3) is 6.08. The van der Waals surface area contributed by atoms with E-state index in [4.69, 9.17) is 43.5 Å². The van der Waals surface area contributed by atoms with Gasteiger partial charge in [0.2, 0.25) is 5.95 Å². The lowest BCUT2D eigenvalue weighted by Gasteiger charge is -2.41. The van der Waals surface area contributed by atoms with Gasteiger partial charge >= 0.3 is 16.4 Å². The van der Waals surface area contributed by atoms with Crippen LogP contribution in [0, 0.1) is 0 Å². The highest BCUT2D eigenvalue weighted by molar-refractivity contribution is 8.00. The number of hydrogen-bond donors (Lipinski definition) is 5. The molecule has 0 saturated carbocycles. The maximum atomic E-state index is 13.8. The van der Waals surface area contributed by atoms with Gasteiger partial charge in [-0.15, -0.1) is 11.8 Å². The Morgan fingerprint density at radius 2 is 1.87 bits per heavy atom. The Labute approximate surface area is 301 Å². The Morgan fingerprint density at radius 3 is 2.63 bits per heavy atom. The molecule has 8 heterocycles. The number of H-pyrrole nitrogens is 1. The summed E-state index contributed by atoms with van der Waals surface area (Å²) in [6, 6.07) is 0. The first kappa shape index (κ1) is 36.3. The first-order chi connectivity index (χ1) is 24.5. The van der Waals surface area contributed by atoms with E-state index in [-0.39, 0.29) is 47.8 Å². The topological polar surface area (TPSA) is 281 Å². The van der Waals surface area contributed by atoms with Gasteiger partial charge in [0.1, 0.15) is 41.1 Å². The van der Waals surface area contributed by atoms with Gasteiger partial charge in [0, 0.05) is 0 Å². The number of nitrogens with zero attached hydrogens (tertiary/aromatic N) is 7. The molecule has 52 heavy (non-hydrogen) atoms. The van der Waals surface area contributed by atoms with E-state index in [1.165, 1.54) is 30.7 Å². The van der Waals surface area contributed by atoms with Crippen molar-refractivity contribution < 1.29 is 46.3 Å². The molecule has 0 spiro atoms. The fourth-order valence-corrected chi connectivity index (χ4v) is 11.5. The molecule has 21 nitrogen and oxygen atoms in total. The van der Waals surface area contributed by atoms with Crippen LogP contribution in [-0.4, -0.2) is 112 Å². The van der Waals surface area contributed by atoms with E-state index in [1.807, 2.05) is 0 Å². The lowest BCUT2D eigenvalue weighted by molar-refractivity contribution is -0.183. The van der Waals surface area contributed by atoms with Crippen molar-refractivity contribution in [3.05, 3.63) is 29.3 Å². The van der Waals surface area contributed by atoms with Gasteiger partial charge in [-0.1, -0.05) is 20.8 Å². The number of hydrogen-bond acceptors (Lipinski definition) is 18. The zero-order chi connectivity index (χ0) is 37.0. The summed E-state index contributed by atoms with van der Waals surface area (Å²) in [5.74, 6) is 0.0307. The van der Waals surface area contributed by atoms with Crippen molar-refractivity contribution in [1.29, 1.82) is 0 Å². The van der Waals surface area contributed by atoms with Crippen LogP contribution in [0.15, 0.2) is 23.8 Å². The molecule has 282 valence electrons. The predicted molar refractivity (Wildman–Crippen MR) is 188 cm³/mol. The van der Waals surface area contributed by atoms with E-state index in [0.717, 1.165) is 0 Å². The minimum atomic E-state index is -4.85. The number of nitrogens with one attached hydrogen (secondary N) is 1. The second-order valence-corrected chi connectivity index (χ2v) is 23.0. The summed E-state index contributed by atoms with van der Waals surface area (Å²) in [4.78, 5) is 59.0. The van der Waals surface area contributed by atoms with Crippen LogP contribution in [0.1, 0.15) is 32.4 Å². The van der Waals surface area contributed by atoms with Gasteiger partial charge in [-0.3, -0.25) is 28.0 Å². The van der Waals surface area contributed by atoms with E-state index >= 15 is 0 Å². The third-order valence-corrected chi connectivity index (χ3v) is 17.9. The Hall–Kier alpha value is -2.63. The number of phosphoric acid groups is 1. The molecular formula is C27H38N10O11P2SSi. The van der Waals surface area contributed by atoms with Gasteiger partial charge in [-0.2, -0.15) is 4.98 Å². The molecule has 0 aromatic carbocycles. The van der Waals surface area contributed by atoms with Crippen molar-refractivity contribution in [2.24, 2.45) is 0 Å². The van der Waals surface area contributed by atoms with Crippen LogP contribution in [0.5, 0.6) is 0 Å². The number of ether oxygens (including phenoxy) is 2. The summed E-state index contributed by atoms with van der Waals surface area (Å²) in [7, 11) is -10.1. The highest BCUT2D eigenvalue weighted by atomic mass is 32.2. The zero-order valence-electron chi connectivity index (χ0n) is 28.6. The van der Waals surface area contributed by atoms with E-state index in [0.29, 0.717) is 11.2 Å². The minimum Gasteiger partial charge on any atom is -0.410 e. The molecule has 10 atom stereocenters. The molecule has 0 amide bonds. The van der Waals surface area contributed by atoms with Gasteiger partial charge in [0.15, 0.2) is 37.2 Å². The molecule has 25 heteroatoms. The Bertz CT molecular complexity index is 2130. The number of rotatable bonds is 4. The number of anilines is 2. The van der Waals surface area contributed by atoms with Gasteiger partial charge in [0.25, 0.3) is 5.56 Å². The number of aromatic nitrogens is 8. The lowest BCUT2D eigenvalue weighted by Crippen LogP contribution is -2.50. The fourth-order valence-electron chi connectivity index (χ4n) is 6.54. The van der Waals surface area contributed by atoms with E-state index in [1.54, 1.807) is 9.13 Å². The normalized spacial score (nSPS) is 35.8. The van der Waals surface area contributed by atoms with Crippen LogP contribution in [0.2, 0.25) is 18.1 Å². The molecule has 4 aromatic heterocycles. The highest BCUT2D eigenvalue weighted by Crippen LogP contribution is 2.59. The second kappa shape index (κ2) is 12.7. The smallest absolute Gasteiger partial charge is 0.410 e. The monoisotopic (exact) mass is 800 g/mol. The largest absolute Gasteiger partial charge is 0.472 e. The molecule has 0 radical (unpaired) electrons. The lowest BCUT2D eigenvalue weighted by atomic mass is 10.0. The Kier molecular flexibility index (Phi) is 8.89. The second-order valence-electron chi connectivity index (χ2n) is 14.5. The number of fused-ring (bicyclic) bond motifs is 4. The van der Waals surface area contributed by atoms with Crippen LogP contribution in [-0.2, 0) is 36.6 Å². The van der Waals surface area contributed by atoms with Crippen molar-refractivity contribution >= 4 is 70.6 Å². The average molecular weight is 801 g/mol. The van der Waals surface area contributed by atoms with Crippen molar-refractivity contribution in [2.75, 3.05) is 31.3 Å². The summed E-state index contributed by atoms with van der Waals surface area (Å²) in [5, 5.41) is -1.66. The third-order valence-electron chi connectivity index (χ3n) is 10.2. The highest BCUT2D eigenvalue weighted by Gasteiger charge is 2.66. The number of thioether (sulfide) groups is 1. The summed E-state index contributed by atoms with van der Waals surface area (Å²) in [5.41, 5.74) is 10.7. The number of aromatic amines is 1. The standard InChI is InChI=1S/C27H38N10O11P2SSi/c1-26(2,3)52(4,5)48-15-12-6-44-50(40,41)47-18-17-23(36-10-32-13-19(28)30-9-31-20(13)36)45-27(18,7-42-17)8-43-49(39)46-16(15)24(51-12)37-11-33-14-21(37)34-25(29)35-22(14)38/h9-12,15-18,23-24,39H,6-8H2,1-5H3,(H,40,41)(H2,28,30,31)(H3,29,34,35,38)/t12-,15-,16-,17-,18+,23-,24-,27-,49?/m1/s1. The van der Waals surface area contributed by atoms with Gasteiger partial charge < -0.3 is 44.2 Å². The average Bonchev–Trinajstić information content (AvgIpc) is 3.87. The zero-order valence-corrected chi connectivity index (χ0v) is 32.2. The number of nitrogen functional groups attached to an aromatic ring is 2. The molecule has 7 N–H and O–H groups in total. The molecule has 4 saturated heterocycles. The first-order valence-corrected chi connectivity index (χ1v) is 22.7. The minimum absolute atomic E-state index is 0.0361. The predicted octanol–water partition coefficient (Wildman–Crippen LogP) is 1.93. The molecule has 4 fully saturated rings. The van der Waals surface area contributed by atoms with Gasteiger partial charge in [0.05, 0.1) is 43.8 Å². The summed E-state index contributed by atoms with van der Waals surface area (Å²) < 4.78 is 60.4. The Balaban J connectivity index is 1.16. The molecule has 0 aliphatic carbocycles. The van der Waals surface area contributed by atoms with E-state index in [2.05, 4.69) is 63.8 Å².